The summed E-state index contributed by atoms with van der Waals surface area (Å²) in [7, 11) is 0. The van der Waals surface area contributed by atoms with Crippen molar-refractivity contribution in [3.8, 4) is 5.75 Å². The van der Waals surface area contributed by atoms with Crippen LogP contribution in [0.5, 0.6) is 5.75 Å². The molecule has 0 amide bonds. The molecule has 1 fully saturated rings. The maximum Gasteiger partial charge on any atom is 0.223 e. The van der Waals surface area contributed by atoms with Crippen LogP contribution >= 0.6 is 0 Å². The molecule has 5 heteroatoms. The molecule has 0 unspecified atom stereocenters. The van der Waals surface area contributed by atoms with E-state index in [0.29, 0.717) is 5.69 Å². The molecule has 1 aromatic heterocycles. The predicted octanol–water partition coefficient (Wildman–Crippen LogP) is 0.585. The number of nitrogens with zero attached hydrogens (tertiary/aromatic N) is 2. The normalized spacial score (nSPS) is 16.9. The highest BCUT2D eigenvalue weighted by Crippen LogP contribution is 2.10. The largest absolute Gasteiger partial charge is 0.503 e. The van der Waals surface area contributed by atoms with Crippen molar-refractivity contribution in [1.29, 1.82) is 0 Å². The van der Waals surface area contributed by atoms with Gasteiger partial charge < -0.3 is 14.4 Å². The second kappa shape index (κ2) is 6.02. The third-order valence-corrected chi connectivity index (χ3v) is 3.39. The van der Waals surface area contributed by atoms with Crippen molar-refractivity contribution in [2.75, 3.05) is 32.8 Å². The smallest absolute Gasteiger partial charge is 0.223 e. The molecular weight excluding hydrogens is 232 g/mol. The molecule has 5 nitrogen and oxygen atoms in total. The molecule has 2 heterocycles. The van der Waals surface area contributed by atoms with E-state index in [-0.39, 0.29) is 11.2 Å². The minimum absolute atomic E-state index is 0.135. The summed E-state index contributed by atoms with van der Waals surface area (Å²) in [6.45, 7) is 7.23. The van der Waals surface area contributed by atoms with Crippen molar-refractivity contribution < 1.29 is 9.84 Å². The van der Waals surface area contributed by atoms with Crippen LogP contribution in [-0.4, -0.2) is 47.4 Å². The van der Waals surface area contributed by atoms with Crippen molar-refractivity contribution in [3.05, 3.63) is 28.2 Å². The van der Waals surface area contributed by atoms with E-state index in [2.05, 4.69) is 4.90 Å². The van der Waals surface area contributed by atoms with Gasteiger partial charge in [0.15, 0.2) is 5.75 Å². The first-order chi connectivity index (χ1) is 8.68. The van der Waals surface area contributed by atoms with Gasteiger partial charge in [0, 0.05) is 38.4 Å². The SMILES string of the molecule is Cc1c(O)c(=O)ccn1CCCN1CCOCC1. The minimum Gasteiger partial charge on any atom is -0.503 e. The fourth-order valence-electron chi connectivity index (χ4n) is 2.19. The summed E-state index contributed by atoms with van der Waals surface area (Å²) in [6, 6.07) is 1.41. The Morgan fingerprint density at radius 3 is 2.78 bits per heavy atom. The molecule has 1 aromatic rings. The number of aromatic nitrogens is 1. The van der Waals surface area contributed by atoms with Gasteiger partial charge in [-0.2, -0.15) is 0 Å². The lowest BCUT2D eigenvalue weighted by molar-refractivity contribution is 0.0369. The Bertz CT molecular complexity index is 450. The van der Waals surface area contributed by atoms with Crippen LogP contribution in [0.4, 0.5) is 0 Å². The quantitative estimate of drug-likeness (QED) is 0.852. The summed E-state index contributed by atoms with van der Waals surface area (Å²) in [6.07, 6.45) is 2.75. The first kappa shape index (κ1) is 13.1. The van der Waals surface area contributed by atoms with Crippen LogP contribution in [-0.2, 0) is 11.3 Å². The second-order valence-electron chi connectivity index (χ2n) is 4.61. The third kappa shape index (κ3) is 3.11. The van der Waals surface area contributed by atoms with Crippen molar-refractivity contribution in [2.45, 2.75) is 19.9 Å². The average molecular weight is 252 g/mol. The summed E-state index contributed by atoms with van der Waals surface area (Å²) in [5.41, 5.74) is 0.335. The monoisotopic (exact) mass is 252 g/mol. The van der Waals surface area contributed by atoms with Gasteiger partial charge >= 0.3 is 0 Å². The van der Waals surface area contributed by atoms with Gasteiger partial charge in [0.05, 0.1) is 18.9 Å². The molecule has 0 aromatic carbocycles. The Hall–Kier alpha value is -1.33. The van der Waals surface area contributed by atoms with Gasteiger partial charge in [-0.25, -0.2) is 0 Å². The van der Waals surface area contributed by atoms with Crippen LogP contribution < -0.4 is 5.43 Å². The molecule has 0 radical (unpaired) electrons. The molecule has 1 saturated heterocycles. The van der Waals surface area contributed by atoms with Gasteiger partial charge in [0.2, 0.25) is 5.43 Å². The lowest BCUT2D eigenvalue weighted by atomic mass is 10.3. The van der Waals surface area contributed by atoms with Gasteiger partial charge in [0.25, 0.3) is 0 Å². The summed E-state index contributed by atoms with van der Waals surface area (Å²) < 4.78 is 7.23. The summed E-state index contributed by atoms with van der Waals surface area (Å²) in [5, 5.41) is 9.57. The van der Waals surface area contributed by atoms with Crippen molar-refractivity contribution >= 4 is 0 Å². The standard InChI is InChI=1S/C13H20N2O3/c1-11-13(17)12(16)3-6-15(11)5-2-4-14-7-9-18-10-8-14/h3,6,17H,2,4-5,7-10H2,1H3. The van der Waals surface area contributed by atoms with E-state index < -0.39 is 0 Å². The average Bonchev–Trinajstić information content (AvgIpc) is 2.40. The molecule has 1 N–H and O–H groups in total. The Balaban J connectivity index is 1.86. The maximum absolute atomic E-state index is 11.2. The Morgan fingerprint density at radius 1 is 1.33 bits per heavy atom. The zero-order valence-corrected chi connectivity index (χ0v) is 10.8. The van der Waals surface area contributed by atoms with E-state index >= 15 is 0 Å². The van der Waals surface area contributed by atoms with Gasteiger partial charge in [-0.15, -0.1) is 0 Å². The van der Waals surface area contributed by atoms with E-state index in [9.17, 15) is 9.90 Å². The van der Waals surface area contributed by atoms with E-state index in [1.54, 1.807) is 13.1 Å². The number of ether oxygens (including phenoxy) is 1. The molecule has 0 aliphatic carbocycles. The molecule has 0 atom stereocenters. The number of pyridine rings is 1. The van der Waals surface area contributed by atoms with Crippen molar-refractivity contribution in [1.82, 2.24) is 9.47 Å². The fourth-order valence-corrected chi connectivity index (χ4v) is 2.19. The Morgan fingerprint density at radius 2 is 2.06 bits per heavy atom. The Labute approximate surface area is 107 Å². The zero-order chi connectivity index (χ0) is 13.0. The van der Waals surface area contributed by atoms with Crippen LogP contribution in [0.2, 0.25) is 0 Å². The van der Waals surface area contributed by atoms with E-state index in [4.69, 9.17) is 4.74 Å². The van der Waals surface area contributed by atoms with Gasteiger partial charge in [-0.1, -0.05) is 0 Å². The molecule has 0 spiro atoms. The maximum atomic E-state index is 11.2. The van der Waals surface area contributed by atoms with E-state index in [0.717, 1.165) is 45.8 Å². The Kier molecular flexibility index (Phi) is 4.38. The summed E-state index contributed by atoms with van der Waals surface area (Å²) in [5.74, 6) is -0.135. The van der Waals surface area contributed by atoms with Gasteiger partial charge in [-0.3, -0.25) is 9.69 Å². The third-order valence-electron chi connectivity index (χ3n) is 3.39. The summed E-state index contributed by atoms with van der Waals surface area (Å²) >= 11 is 0. The second-order valence-corrected chi connectivity index (χ2v) is 4.61. The lowest BCUT2D eigenvalue weighted by Gasteiger charge is -2.26. The van der Waals surface area contributed by atoms with Crippen molar-refractivity contribution in [2.24, 2.45) is 0 Å². The molecular formula is C13H20N2O3. The highest BCUT2D eigenvalue weighted by molar-refractivity contribution is 5.25. The van der Waals surface area contributed by atoms with Crippen molar-refractivity contribution in [3.63, 3.8) is 0 Å². The first-order valence-electron chi connectivity index (χ1n) is 6.37. The molecule has 1 aliphatic heterocycles. The lowest BCUT2D eigenvalue weighted by Crippen LogP contribution is -2.37. The predicted molar refractivity (Wildman–Crippen MR) is 69.0 cm³/mol. The minimum atomic E-state index is -0.308. The molecule has 2 rings (SSSR count). The van der Waals surface area contributed by atoms with Crippen LogP contribution in [0.3, 0.4) is 0 Å². The summed E-state index contributed by atoms with van der Waals surface area (Å²) in [4.78, 5) is 13.6. The fraction of sp³-hybridized carbons (Fsp3) is 0.615. The van der Waals surface area contributed by atoms with Gasteiger partial charge in [-0.05, 0) is 13.3 Å². The van der Waals surface area contributed by atoms with E-state index in [1.165, 1.54) is 6.07 Å². The van der Waals surface area contributed by atoms with Crippen LogP contribution in [0.15, 0.2) is 17.1 Å². The van der Waals surface area contributed by atoms with Crippen LogP contribution in [0, 0.1) is 6.92 Å². The first-order valence-corrected chi connectivity index (χ1v) is 6.37. The van der Waals surface area contributed by atoms with Crippen LogP contribution in [0.25, 0.3) is 0 Å². The molecule has 0 saturated carbocycles. The van der Waals surface area contributed by atoms with E-state index in [1.807, 2.05) is 4.57 Å². The number of aromatic hydroxyl groups is 1. The topological polar surface area (TPSA) is 54.7 Å². The molecule has 100 valence electrons. The van der Waals surface area contributed by atoms with Crippen LogP contribution in [0.1, 0.15) is 12.1 Å². The zero-order valence-electron chi connectivity index (χ0n) is 10.8. The highest BCUT2D eigenvalue weighted by Gasteiger charge is 2.10. The number of morpholine rings is 1. The number of hydrogen-bond donors (Lipinski definition) is 1. The van der Waals surface area contributed by atoms with Gasteiger partial charge in [0.1, 0.15) is 0 Å². The number of rotatable bonds is 4. The molecule has 18 heavy (non-hydrogen) atoms. The molecule has 1 aliphatic rings. The number of hydrogen-bond acceptors (Lipinski definition) is 4. The molecule has 0 bridgehead atoms. The highest BCUT2D eigenvalue weighted by atomic mass is 16.5. The number of aryl methyl sites for hydroxylation is 1.